The number of likely N-dealkylation sites (tertiary alicyclic amines) is 1. The smallest absolute Gasteiger partial charge is 0.289 e. The topological polar surface area (TPSA) is 145 Å². The van der Waals surface area contributed by atoms with Gasteiger partial charge in [0, 0.05) is 12.6 Å². The maximum atomic E-state index is 13.8. The van der Waals surface area contributed by atoms with E-state index >= 15 is 0 Å². The molecule has 3 fully saturated rings. The second-order valence-electron chi connectivity index (χ2n) is 11.7. The molecule has 1 saturated heterocycles. The Kier molecular flexibility index (Phi) is 9.72. The molecule has 0 spiro atoms. The minimum absolute atomic E-state index is 0.0358. The first-order valence-corrected chi connectivity index (χ1v) is 13.9. The zero-order chi connectivity index (χ0) is 27.4. The van der Waals surface area contributed by atoms with Crippen LogP contribution in [0.15, 0.2) is 0 Å². The Morgan fingerprint density at radius 1 is 0.946 bits per heavy atom. The molecule has 2 saturated carbocycles. The molecule has 2 aliphatic carbocycles. The lowest BCUT2D eigenvalue weighted by Crippen LogP contribution is -2.59. The van der Waals surface area contributed by atoms with Gasteiger partial charge in [0.1, 0.15) is 18.2 Å². The molecule has 4 N–H and O–H groups in total. The molecule has 3 aliphatic rings. The highest BCUT2D eigenvalue weighted by Crippen LogP contribution is 2.42. The maximum absolute atomic E-state index is 13.8. The Morgan fingerprint density at radius 2 is 1.62 bits per heavy atom. The molecule has 3 rings (SSSR count). The van der Waals surface area contributed by atoms with Gasteiger partial charge in [0.25, 0.3) is 5.91 Å². The van der Waals surface area contributed by atoms with Crippen molar-refractivity contribution in [3.8, 4) is 0 Å². The van der Waals surface area contributed by atoms with Gasteiger partial charge in [-0.05, 0) is 55.8 Å². The number of Topliss-reactive ketones (excluding diaryl/α,β-unsaturated/α-hetero) is 1. The van der Waals surface area contributed by atoms with Crippen molar-refractivity contribution >= 4 is 29.4 Å². The molecule has 0 radical (unpaired) electrons. The summed E-state index contributed by atoms with van der Waals surface area (Å²) in [6.45, 7) is 9.35. The van der Waals surface area contributed by atoms with Crippen LogP contribution in [0.2, 0.25) is 0 Å². The van der Waals surface area contributed by atoms with Crippen LogP contribution in [0.5, 0.6) is 0 Å². The summed E-state index contributed by atoms with van der Waals surface area (Å²) in [6.07, 6.45) is 4.07. The van der Waals surface area contributed by atoms with Gasteiger partial charge >= 0.3 is 0 Å². The lowest BCUT2D eigenvalue weighted by molar-refractivity contribution is -0.146. The Morgan fingerprint density at radius 3 is 2.19 bits per heavy atom. The summed E-state index contributed by atoms with van der Waals surface area (Å²) in [5.74, 6) is -3.17. The van der Waals surface area contributed by atoms with Gasteiger partial charge < -0.3 is 26.0 Å². The molecule has 208 valence electrons. The van der Waals surface area contributed by atoms with E-state index in [1.54, 1.807) is 18.7 Å². The number of fused-ring (bicyclic) bond motifs is 1. The second kappa shape index (κ2) is 12.4. The molecule has 1 aliphatic heterocycles. The van der Waals surface area contributed by atoms with Crippen LogP contribution in [0.1, 0.15) is 79.6 Å². The van der Waals surface area contributed by atoms with Crippen molar-refractivity contribution in [3.05, 3.63) is 0 Å². The summed E-state index contributed by atoms with van der Waals surface area (Å²) in [7, 11) is 0. The Hall–Kier alpha value is -2.49. The van der Waals surface area contributed by atoms with Crippen molar-refractivity contribution in [3.63, 3.8) is 0 Å². The molecule has 10 heteroatoms. The van der Waals surface area contributed by atoms with Gasteiger partial charge in [0.2, 0.25) is 23.5 Å². The van der Waals surface area contributed by atoms with Crippen molar-refractivity contribution in [2.45, 2.75) is 110 Å². The third-order valence-electron chi connectivity index (χ3n) is 7.92. The predicted octanol–water partition coefficient (Wildman–Crippen LogP) is 0.904. The highest BCUT2D eigenvalue weighted by atomic mass is 16.3. The zero-order valence-corrected chi connectivity index (χ0v) is 22.8. The number of amides is 4. The number of aliphatic hydroxyl groups excluding tert-OH is 1. The van der Waals surface area contributed by atoms with E-state index in [-0.39, 0.29) is 35.6 Å². The van der Waals surface area contributed by atoms with Crippen molar-refractivity contribution in [1.29, 1.82) is 0 Å². The number of nitrogens with zero attached hydrogens (tertiary/aromatic N) is 1. The molecule has 0 aromatic carbocycles. The number of rotatable bonds is 12. The average molecular weight is 521 g/mol. The van der Waals surface area contributed by atoms with E-state index < -0.39 is 47.7 Å². The molecule has 2 unspecified atom stereocenters. The fourth-order valence-corrected chi connectivity index (χ4v) is 5.56. The van der Waals surface area contributed by atoms with Crippen molar-refractivity contribution < 1.29 is 29.1 Å². The molecular weight excluding hydrogens is 476 g/mol. The van der Waals surface area contributed by atoms with Crippen molar-refractivity contribution in [2.75, 3.05) is 6.54 Å². The first-order valence-electron chi connectivity index (χ1n) is 13.9. The standard InChI is InChI=1S/C27H44N4O6/c1-6-8-19(23(33)26(36)28-17-11-12-17)29-24(34)21-18-10-7-9-16(18)13-31(21)27(37)20(14(2)3)30-25(35)22(32)15(4)5/h14-22,32H,6-13H2,1-5H3,(H,28,36)(H,29,34)(H,30,35)/t16-,18-,19?,20-,21?,22-/m0/s1. The van der Waals surface area contributed by atoms with E-state index in [4.69, 9.17) is 0 Å². The van der Waals surface area contributed by atoms with Crippen LogP contribution < -0.4 is 16.0 Å². The van der Waals surface area contributed by atoms with E-state index in [9.17, 15) is 29.1 Å². The van der Waals surface area contributed by atoms with Crippen LogP contribution in [-0.2, 0) is 24.0 Å². The number of aliphatic hydroxyl groups is 1. The molecular formula is C27H44N4O6. The number of hydrogen-bond acceptors (Lipinski definition) is 6. The lowest BCUT2D eigenvalue weighted by Gasteiger charge is -2.33. The van der Waals surface area contributed by atoms with Crippen molar-refractivity contribution in [2.24, 2.45) is 23.7 Å². The largest absolute Gasteiger partial charge is 0.383 e. The lowest BCUT2D eigenvalue weighted by atomic mass is 9.92. The summed E-state index contributed by atoms with van der Waals surface area (Å²) in [4.78, 5) is 66.8. The van der Waals surface area contributed by atoms with E-state index in [2.05, 4.69) is 16.0 Å². The van der Waals surface area contributed by atoms with Gasteiger partial charge in [0.15, 0.2) is 0 Å². The fraction of sp³-hybridized carbons (Fsp3) is 0.815. The van der Waals surface area contributed by atoms with E-state index in [0.717, 1.165) is 32.1 Å². The van der Waals surface area contributed by atoms with Gasteiger partial charge in [-0.1, -0.05) is 47.5 Å². The summed E-state index contributed by atoms with van der Waals surface area (Å²) in [5, 5.41) is 18.4. The van der Waals surface area contributed by atoms with Crippen LogP contribution in [-0.4, -0.2) is 76.2 Å². The van der Waals surface area contributed by atoms with E-state index in [1.807, 2.05) is 20.8 Å². The monoisotopic (exact) mass is 520 g/mol. The minimum atomic E-state index is -1.24. The SMILES string of the molecule is CCCC(NC(=O)C1[C@H]2CCC[C@H]2CN1C(=O)[C@@H](NC(=O)[C@@H](O)C(C)C)C(C)C)C(=O)C(=O)NC1CC1. The highest BCUT2D eigenvalue weighted by Gasteiger charge is 2.51. The fourth-order valence-electron chi connectivity index (χ4n) is 5.56. The maximum Gasteiger partial charge on any atom is 0.289 e. The number of carbonyl (C=O) groups excluding carboxylic acids is 5. The zero-order valence-electron chi connectivity index (χ0n) is 22.8. The summed E-state index contributed by atoms with van der Waals surface area (Å²) in [5.41, 5.74) is 0. The molecule has 6 atom stereocenters. The predicted molar refractivity (Wildman–Crippen MR) is 137 cm³/mol. The normalized spacial score (nSPS) is 25.4. The first kappa shape index (κ1) is 29.1. The highest BCUT2D eigenvalue weighted by molar-refractivity contribution is 6.38. The Labute approximate surface area is 219 Å². The summed E-state index contributed by atoms with van der Waals surface area (Å²) in [6, 6.07) is -2.58. The first-order chi connectivity index (χ1) is 17.5. The molecule has 37 heavy (non-hydrogen) atoms. The van der Waals surface area contributed by atoms with E-state index in [0.29, 0.717) is 19.4 Å². The minimum Gasteiger partial charge on any atom is -0.383 e. The molecule has 0 bridgehead atoms. The van der Waals surface area contributed by atoms with Gasteiger partial charge in [-0.2, -0.15) is 0 Å². The van der Waals surface area contributed by atoms with Crippen LogP contribution in [0.3, 0.4) is 0 Å². The quantitative estimate of drug-likeness (QED) is 0.282. The van der Waals surface area contributed by atoms with Gasteiger partial charge in [-0.15, -0.1) is 0 Å². The van der Waals surface area contributed by atoms with Gasteiger partial charge in [-0.25, -0.2) is 0 Å². The number of ketones is 1. The molecule has 4 amide bonds. The second-order valence-corrected chi connectivity index (χ2v) is 11.7. The average Bonchev–Trinajstić information content (AvgIpc) is 3.41. The Balaban J connectivity index is 1.78. The van der Waals surface area contributed by atoms with Crippen LogP contribution in [0.4, 0.5) is 0 Å². The number of nitrogens with one attached hydrogen (secondary N) is 3. The molecule has 0 aromatic rings. The van der Waals surface area contributed by atoms with Crippen LogP contribution in [0, 0.1) is 23.7 Å². The van der Waals surface area contributed by atoms with Crippen LogP contribution in [0.25, 0.3) is 0 Å². The van der Waals surface area contributed by atoms with Gasteiger partial charge in [0.05, 0.1) is 6.04 Å². The van der Waals surface area contributed by atoms with E-state index in [1.165, 1.54) is 0 Å². The van der Waals surface area contributed by atoms with Gasteiger partial charge in [-0.3, -0.25) is 24.0 Å². The molecule has 0 aromatic heterocycles. The third-order valence-corrected chi connectivity index (χ3v) is 7.92. The molecule has 10 nitrogen and oxygen atoms in total. The molecule has 1 heterocycles. The number of hydrogen-bond donors (Lipinski definition) is 4. The third kappa shape index (κ3) is 6.89. The Bertz CT molecular complexity index is 886. The van der Waals surface area contributed by atoms with Crippen molar-refractivity contribution in [1.82, 2.24) is 20.9 Å². The summed E-state index contributed by atoms with van der Waals surface area (Å²) < 4.78 is 0. The summed E-state index contributed by atoms with van der Waals surface area (Å²) >= 11 is 0. The van der Waals surface area contributed by atoms with Crippen LogP contribution >= 0.6 is 0 Å². The number of carbonyl (C=O) groups is 5.